The molecule has 1 heterocycles. The monoisotopic (exact) mass is 316 g/mol. The Labute approximate surface area is 131 Å². The van der Waals surface area contributed by atoms with E-state index in [4.69, 9.17) is 20.8 Å². The highest BCUT2D eigenvalue weighted by Crippen LogP contribution is 2.28. The summed E-state index contributed by atoms with van der Waals surface area (Å²) >= 11 is 5.95. The summed E-state index contributed by atoms with van der Waals surface area (Å²) < 4.78 is 10.6. The number of aryl methyl sites for hydroxylation is 1. The molecule has 0 saturated heterocycles. The number of amides is 1. The van der Waals surface area contributed by atoms with Crippen LogP contribution in [0.2, 0.25) is 5.02 Å². The Hall–Kier alpha value is -2.53. The lowest BCUT2D eigenvalue weighted by Gasteiger charge is -2.10. The van der Waals surface area contributed by atoms with Gasteiger partial charge in [-0.15, -0.1) is 0 Å². The number of ether oxygens (including phenoxy) is 1. The van der Waals surface area contributed by atoms with Crippen molar-refractivity contribution in [2.24, 2.45) is 0 Å². The Balaban J connectivity index is 1.91. The van der Waals surface area contributed by atoms with E-state index in [1.165, 1.54) is 7.11 Å². The molecule has 0 bridgehead atoms. The lowest BCUT2D eigenvalue weighted by Crippen LogP contribution is -2.12. The minimum absolute atomic E-state index is 0.281. The zero-order valence-electron chi connectivity index (χ0n) is 12.0. The standard InChI is InChI=1S/C16H13ClN2O3/c1-9-18-12-5-3-10(7-15(12)22-9)16(20)19-13-8-11(17)4-6-14(13)21-2/h3-8H,1-2H3,(H,19,20). The maximum Gasteiger partial charge on any atom is 0.255 e. The molecule has 0 spiro atoms. The van der Waals surface area contributed by atoms with Crippen molar-refractivity contribution < 1.29 is 13.9 Å². The van der Waals surface area contributed by atoms with Gasteiger partial charge in [0.15, 0.2) is 11.5 Å². The van der Waals surface area contributed by atoms with Crippen LogP contribution in [0.15, 0.2) is 40.8 Å². The molecule has 3 rings (SSSR count). The minimum atomic E-state index is -0.281. The minimum Gasteiger partial charge on any atom is -0.495 e. The fraction of sp³-hybridized carbons (Fsp3) is 0.125. The SMILES string of the molecule is COc1ccc(Cl)cc1NC(=O)c1ccc2nc(C)oc2c1. The summed E-state index contributed by atoms with van der Waals surface area (Å²) in [6.07, 6.45) is 0. The molecule has 0 atom stereocenters. The summed E-state index contributed by atoms with van der Waals surface area (Å²) in [6.45, 7) is 1.76. The second-order valence-electron chi connectivity index (χ2n) is 4.71. The highest BCUT2D eigenvalue weighted by atomic mass is 35.5. The molecule has 0 fully saturated rings. The first-order valence-electron chi connectivity index (χ1n) is 6.59. The van der Waals surface area contributed by atoms with Gasteiger partial charge in [0.2, 0.25) is 0 Å². The fourth-order valence-corrected chi connectivity index (χ4v) is 2.33. The van der Waals surface area contributed by atoms with Gasteiger partial charge < -0.3 is 14.5 Å². The van der Waals surface area contributed by atoms with Gasteiger partial charge in [-0.2, -0.15) is 0 Å². The number of fused-ring (bicyclic) bond motifs is 1. The highest BCUT2D eigenvalue weighted by Gasteiger charge is 2.12. The number of methoxy groups -OCH3 is 1. The normalized spacial score (nSPS) is 10.7. The van der Waals surface area contributed by atoms with Crippen LogP contribution >= 0.6 is 11.6 Å². The number of aromatic nitrogens is 1. The number of hydrogen-bond acceptors (Lipinski definition) is 4. The van der Waals surface area contributed by atoms with Gasteiger partial charge in [0.05, 0.1) is 12.8 Å². The molecule has 0 aliphatic heterocycles. The van der Waals surface area contributed by atoms with E-state index in [2.05, 4.69) is 10.3 Å². The number of anilines is 1. The Kier molecular flexibility index (Phi) is 3.73. The lowest BCUT2D eigenvalue weighted by molar-refractivity contribution is 0.102. The average Bonchev–Trinajstić information content (AvgIpc) is 2.86. The molecule has 5 nitrogen and oxygen atoms in total. The summed E-state index contributed by atoms with van der Waals surface area (Å²) in [6, 6.07) is 10.1. The number of halogens is 1. The van der Waals surface area contributed by atoms with Crippen LogP contribution in [0.5, 0.6) is 5.75 Å². The Bertz CT molecular complexity index is 858. The molecule has 0 radical (unpaired) electrons. The van der Waals surface area contributed by atoms with E-state index in [0.29, 0.717) is 33.5 Å². The zero-order chi connectivity index (χ0) is 15.7. The number of oxazole rings is 1. The maximum atomic E-state index is 12.4. The largest absolute Gasteiger partial charge is 0.495 e. The summed E-state index contributed by atoms with van der Waals surface area (Å²) in [7, 11) is 1.53. The molecule has 2 aromatic carbocycles. The van der Waals surface area contributed by atoms with Crippen LogP contribution in [0.3, 0.4) is 0 Å². The van der Waals surface area contributed by atoms with Gasteiger partial charge in [-0.3, -0.25) is 4.79 Å². The molecular weight excluding hydrogens is 304 g/mol. The van der Waals surface area contributed by atoms with E-state index in [0.717, 1.165) is 5.52 Å². The highest BCUT2D eigenvalue weighted by molar-refractivity contribution is 6.31. The number of nitrogens with zero attached hydrogens (tertiary/aromatic N) is 1. The van der Waals surface area contributed by atoms with Crippen molar-refractivity contribution in [1.29, 1.82) is 0 Å². The molecule has 6 heteroatoms. The number of hydrogen-bond donors (Lipinski definition) is 1. The van der Waals surface area contributed by atoms with Gasteiger partial charge in [-0.05, 0) is 36.4 Å². The summed E-state index contributed by atoms with van der Waals surface area (Å²) in [5.41, 5.74) is 2.26. The first-order valence-corrected chi connectivity index (χ1v) is 6.96. The lowest BCUT2D eigenvalue weighted by atomic mass is 10.2. The first kappa shape index (κ1) is 14.4. The van der Waals surface area contributed by atoms with Crippen LogP contribution in [0.1, 0.15) is 16.2 Å². The van der Waals surface area contributed by atoms with Crippen molar-refractivity contribution in [3.63, 3.8) is 0 Å². The second kappa shape index (κ2) is 5.69. The molecule has 0 unspecified atom stereocenters. The zero-order valence-corrected chi connectivity index (χ0v) is 12.8. The first-order chi connectivity index (χ1) is 10.6. The number of carbonyl (C=O) groups excluding carboxylic acids is 1. The predicted molar refractivity (Wildman–Crippen MR) is 84.7 cm³/mol. The molecule has 0 saturated carbocycles. The number of benzene rings is 2. The third-order valence-electron chi connectivity index (χ3n) is 3.17. The van der Waals surface area contributed by atoms with Gasteiger partial charge in [-0.1, -0.05) is 11.6 Å². The Morgan fingerprint density at radius 1 is 1.27 bits per heavy atom. The molecular formula is C16H13ClN2O3. The third-order valence-corrected chi connectivity index (χ3v) is 3.40. The Morgan fingerprint density at radius 2 is 2.09 bits per heavy atom. The number of rotatable bonds is 3. The van der Waals surface area contributed by atoms with E-state index in [9.17, 15) is 4.79 Å². The smallest absolute Gasteiger partial charge is 0.255 e. The molecule has 0 aliphatic rings. The second-order valence-corrected chi connectivity index (χ2v) is 5.15. The average molecular weight is 317 g/mol. The van der Waals surface area contributed by atoms with Crippen LogP contribution in [0, 0.1) is 6.92 Å². The summed E-state index contributed by atoms with van der Waals surface area (Å²) in [5.74, 6) is 0.815. The number of carbonyl (C=O) groups is 1. The molecule has 3 aromatic rings. The topological polar surface area (TPSA) is 64.4 Å². The summed E-state index contributed by atoms with van der Waals surface area (Å²) in [5, 5.41) is 3.29. The molecule has 22 heavy (non-hydrogen) atoms. The van der Waals surface area contributed by atoms with Crippen molar-refractivity contribution in [2.45, 2.75) is 6.92 Å². The molecule has 1 N–H and O–H groups in total. The molecule has 1 amide bonds. The van der Waals surface area contributed by atoms with Gasteiger partial charge >= 0.3 is 0 Å². The van der Waals surface area contributed by atoms with E-state index >= 15 is 0 Å². The molecule has 0 aliphatic carbocycles. The van der Waals surface area contributed by atoms with E-state index < -0.39 is 0 Å². The van der Waals surface area contributed by atoms with Crippen molar-refractivity contribution in [2.75, 3.05) is 12.4 Å². The molecule has 1 aromatic heterocycles. The van der Waals surface area contributed by atoms with Crippen molar-refractivity contribution in [3.8, 4) is 5.75 Å². The fourth-order valence-electron chi connectivity index (χ4n) is 2.15. The van der Waals surface area contributed by atoms with Gasteiger partial charge in [-0.25, -0.2) is 4.98 Å². The van der Waals surface area contributed by atoms with E-state index in [-0.39, 0.29) is 5.91 Å². The molecule has 112 valence electrons. The van der Waals surface area contributed by atoms with Crippen LogP contribution in [-0.2, 0) is 0 Å². The van der Waals surface area contributed by atoms with Crippen LogP contribution in [0.25, 0.3) is 11.1 Å². The van der Waals surface area contributed by atoms with Crippen molar-refractivity contribution >= 4 is 34.3 Å². The van der Waals surface area contributed by atoms with Crippen molar-refractivity contribution in [3.05, 3.63) is 52.9 Å². The quantitative estimate of drug-likeness (QED) is 0.791. The maximum absolute atomic E-state index is 12.4. The van der Waals surface area contributed by atoms with Gasteiger partial charge in [0.1, 0.15) is 11.3 Å². The van der Waals surface area contributed by atoms with E-state index in [1.807, 2.05) is 0 Å². The van der Waals surface area contributed by atoms with Crippen LogP contribution < -0.4 is 10.1 Å². The number of nitrogens with one attached hydrogen (secondary N) is 1. The van der Waals surface area contributed by atoms with Crippen molar-refractivity contribution in [1.82, 2.24) is 4.98 Å². The predicted octanol–water partition coefficient (Wildman–Crippen LogP) is 4.05. The van der Waals surface area contributed by atoms with Gasteiger partial charge in [0, 0.05) is 17.5 Å². The van der Waals surface area contributed by atoms with E-state index in [1.54, 1.807) is 43.3 Å². The van der Waals surface area contributed by atoms with Gasteiger partial charge in [0.25, 0.3) is 5.91 Å². The summed E-state index contributed by atoms with van der Waals surface area (Å²) in [4.78, 5) is 16.6. The van der Waals surface area contributed by atoms with Crippen LogP contribution in [-0.4, -0.2) is 18.0 Å². The Morgan fingerprint density at radius 3 is 2.86 bits per heavy atom. The van der Waals surface area contributed by atoms with Crippen LogP contribution in [0.4, 0.5) is 5.69 Å². The third kappa shape index (κ3) is 2.76.